The molecule has 0 aromatic carbocycles. The van der Waals surface area contributed by atoms with Crippen molar-refractivity contribution in [3.8, 4) is 0 Å². The van der Waals surface area contributed by atoms with Crippen LogP contribution >= 0.6 is 0 Å². The summed E-state index contributed by atoms with van der Waals surface area (Å²) in [6.07, 6.45) is 6.04. The minimum atomic E-state index is 0.170. The van der Waals surface area contributed by atoms with Gasteiger partial charge in [0, 0.05) is 19.1 Å². The van der Waals surface area contributed by atoms with E-state index in [2.05, 4.69) is 26.1 Å². The Bertz CT molecular complexity index is 276. The Balaban J connectivity index is 1.81. The van der Waals surface area contributed by atoms with E-state index in [1.807, 2.05) is 4.90 Å². The fourth-order valence-corrected chi connectivity index (χ4v) is 2.99. The van der Waals surface area contributed by atoms with Gasteiger partial charge in [-0.05, 0) is 30.6 Å². The first-order valence-electron chi connectivity index (χ1n) is 7.02. The summed E-state index contributed by atoms with van der Waals surface area (Å²) in [6.45, 7) is 8.69. The summed E-state index contributed by atoms with van der Waals surface area (Å²) in [5, 5.41) is 3.18. The van der Waals surface area contributed by atoms with Crippen molar-refractivity contribution in [3.63, 3.8) is 0 Å². The summed E-state index contributed by atoms with van der Waals surface area (Å²) in [7, 11) is 0. The quantitative estimate of drug-likeness (QED) is 0.748. The first-order chi connectivity index (χ1) is 7.97. The van der Waals surface area contributed by atoms with Crippen molar-refractivity contribution in [2.24, 2.45) is 11.3 Å². The van der Waals surface area contributed by atoms with E-state index >= 15 is 0 Å². The highest BCUT2D eigenvalue weighted by molar-refractivity contribution is 5.74. The molecule has 2 aliphatic rings. The van der Waals surface area contributed by atoms with Crippen LogP contribution in [0.15, 0.2) is 0 Å². The van der Waals surface area contributed by atoms with E-state index in [1.54, 1.807) is 0 Å². The fraction of sp³-hybridized carbons (Fsp3) is 0.929. The van der Waals surface area contributed by atoms with Gasteiger partial charge in [-0.15, -0.1) is 0 Å². The second-order valence-corrected chi connectivity index (χ2v) is 6.73. The highest BCUT2D eigenvalue weighted by Crippen LogP contribution is 2.33. The molecule has 1 saturated carbocycles. The van der Waals surface area contributed by atoms with Gasteiger partial charge in [0.2, 0.25) is 0 Å². The van der Waals surface area contributed by atoms with Gasteiger partial charge in [-0.25, -0.2) is 4.79 Å². The predicted octanol–water partition coefficient (Wildman–Crippen LogP) is 3.01. The third-order valence-corrected chi connectivity index (χ3v) is 4.38. The molecule has 2 rings (SSSR count). The van der Waals surface area contributed by atoms with Crippen LogP contribution in [-0.2, 0) is 0 Å². The molecule has 98 valence electrons. The normalized spacial score (nSPS) is 26.5. The lowest BCUT2D eigenvalue weighted by atomic mass is 9.80. The molecule has 17 heavy (non-hydrogen) atoms. The monoisotopic (exact) mass is 238 g/mol. The van der Waals surface area contributed by atoms with Crippen molar-refractivity contribution in [3.05, 3.63) is 0 Å². The molecule has 0 spiro atoms. The van der Waals surface area contributed by atoms with Gasteiger partial charge in [-0.2, -0.15) is 0 Å². The number of hydrogen-bond acceptors (Lipinski definition) is 1. The van der Waals surface area contributed by atoms with Crippen LogP contribution in [0.5, 0.6) is 0 Å². The van der Waals surface area contributed by atoms with Gasteiger partial charge in [-0.1, -0.05) is 33.6 Å². The molecule has 0 aromatic heterocycles. The van der Waals surface area contributed by atoms with Gasteiger partial charge in [0.1, 0.15) is 0 Å². The van der Waals surface area contributed by atoms with Crippen molar-refractivity contribution in [2.45, 2.75) is 58.9 Å². The van der Waals surface area contributed by atoms with Gasteiger partial charge < -0.3 is 10.2 Å². The topological polar surface area (TPSA) is 32.3 Å². The zero-order valence-corrected chi connectivity index (χ0v) is 11.5. The van der Waals surface area contributed by atoms with Crippen LogP contribution in [0.1, 0.15) is 52.9 Å². The van der Waals surface area contributed by atoms with E-state index in [4.69, 9.17) is 0 Å². The first kappa shape index (κ1) is 12.7. The summed E-state index contributed by atoms with van der Waals surface area (Å²) < 4.78 is 0. The predicted molar refractivity (Wildman–Crippen MR) is 69.9 cm³/mol. The third-order valence-electron chi connectivity index (χ3n) is 4.38. The van der Waals surface area contributed by atoms with Gasteiger partial charge in [0.15, 0.2) is 0 Å². The summed E-state index contributed by atoms with van der Waals surface area (Å²) in [6, 6.07) is 0.611. The van der Waals surface area contributed by atoms with Crippen molar-refractivity contribution < 1.29 is 4.79 Å². The zero-order valence-electron chi connectivity index (χ0n) is 11.5. The molecule has 1 aliphatic heterocycles. The number of nitrogens with one attached hydrogen (secondary N) is 1. The number of amides is 2. The summed E-state index contributed by atoms with van der Waals surface area (Å²) in [5.74, 6) is 0.650. The molecular formula is C14H26N2O. The Labute approximate surface area is 105 Å². The molecule has 1 unspecified atom stereocenters. The third kappa shape index (κ3) is 3.14. The standard InChI is InChI=1S/C14H26N2O/c1-14(2,3)11-8-9-16(10-11)13(17)15-12-6-4-5-7-12/h11-12H,4-10H2,1-3H3,(H,15,17). The fourth-order valence-electron chi connectivity index (χ4n) is 2.99. The van der Waals surface area contributed by atoms with Crippen molar-refractivity contribution in [2.75, 3.05) is 13.1 Å². The van der Waals surface area contributed by atoms with E-state index in [9.17, 15) is 4.79 Å². The number of rotatable bonds is 1. The molecular weight excluding hydrogens is 212 g/mol. The molecule has 2 fully saturated rings. The van der Waals surface area contributed by atoms with Crippen LogP contribution in [0.3, 0.4) is 0 Å². The van der Waals surface area contributed by atoms with Crippen molar-refractivity contribution in [1.29, 1.82) is 0 Å². The minimum absolute atomic E-state index is 0.170. The average molecular weight is 238 g/mol. The lowest BCUT2D eigenvalue weighted by molar-refractivity contribution is 0.193. The molecule has 0 radical (unpaired) electrons. The number of likely N-dealkylation sites (tertiary alicyclic amines) is 1. The van der Waals surface area contributed by atoms with E-state index in [1.165, 1.54) is 25.7 Å². The van der Waals surface area contributed by atoms with E-state index in [0.717, 1.165) is 19.5 Å². The zero-order chi connectivity index (χ0) is 12.5. The minimum Gasteiger partial charge on any atom is -0.335 e. The number of nitrogens with zero attached hydrogens (tertiary/aromatic N) is 1. The van der Waals surface area contributed by atoms with Crippen LogP contribution in [0.4, 0.5) is 4.79 Å². The molecule has 0 aromatic rings. The van der Waals surface area contributed by atoms with E-state index < -0.39 is 0 Å². The SMILES string of the molecule is CC(C)(C)C1CCN(C(=O)NC2CCCC2)C1. The molecule has 2 amide bonds. The molecule has 1 atom stereocenters. The van der Waals surface area contributed by atoms with Gasteiger partial charge in [0.05, 0.1) is 0 Å². The smallest absolute Gasteiger partial charge is 0.317 e. The number of urea groups is 1. The average Bonchev–Trinajstić information content (AvgIpc) is 2.85. The summed E-state index contributed by atoms with van der Waals surface area (Å²) in [5.41, 5.74) is 0.322. The maximum absolute atomic E-state index is 12.1. The van der Waals surface area contributed by atoms with Gasteiger partial charge in [-0.3, -0.25) is 0 Å². The number of carbonyl (C=O) groups is 1. The van der Waals surface area contributed by atoms with Gasteiger partial charge >= 0.3 is 6.03 Å². The Morgan fingerprint density at radius 1 is 1.18 bits per heavy atom. The van der Waals surface area contributed by atoms with Crippen molar-refractivity contribution in [1.82, 2.24) is 10.2 Å². The van der Waals surface area contributed by atoms with Crippen molar-refractivity contribution >= 4 is 6.03 Å². The maximum atomic E-state index is 12.1. The lowest BCUT2D eigenvalue weighted by Crippen LogP contribution is -2.43. The summed E-state index contributed by atoms with van der Waals surface area (Å²) in [4.78, 5) is 14.1. The Kier molecular flexibility index (Phi) is 3.64. The molecule has 0 bridgehead atoms. The van der Waals surface area contributed by atoms with Crippen LogP contribution in [0.25, 0.3) is 0 Å². The second-order valence-electron chi connectivity index (χ2n) is 6.73. The molecule has 1 N–H and O–H groups in total. The summed E-state index contributed by atoms with van der Waals surface area (Å²) >= 11 is 0. The number of carbonyl (C=O) groups excluding carboxylic acids is 1. The Hall–Kier alpha value is -0.730. The molecule has 3 heteroatoms. The first-order valence-corrected chi connectivity index (χ1v) is 7.02. The molecule has 1 aliphatic carbocycles. The van der Waals surface area contributed by atoms with Crippen LogP contribution < -0.4 is 5.32 Å². The maximum Gasteiger partial charge on any atom is 0.317 e. The second kappa shape index (κ2) is 4.87. The molecule has 3 nitrogen and oxygen atoms in total. The van der Waals surface area contributed by atoms with E-state index in [0.29, 0.717) is 17.4 Å². The van der Waals surface area contributed by atoms with Crippen LogP contribution in [0, 0.1) is 11.3 Å². The highest BCUT2D eigenvalue weighted by Gasteiger charge is 2.34. The largest absolute Gasteiger partial charge is 0.335 e. The van der Waals surface area contributed by atoms with E-state index in [-0.39, 0.29) is 6.03 Å². The lowest BCUT2D eigenvalue weighted by Gasteiger charge is -2.27. The van der Waals surface area contributed by atoms with Crippen LogP contribution in [-0.4, -0.2) is 30.1 Å². The van der Waals surface area contributed by atoms with Gasteiger partial charge in [0.25, 0.3) is 0 Å². The van der Waals surface area contributed by atoms with Crippen LogP contribution in [0.2, 0.25) is 0 Å². The Morgan fingerprint density at radius 3 is 2.35 bits per heavy atom. The highest BCUT2D eigenvalue weighted by atomic mass is 16.2. The molecule has 1 saturated heterocycles. The number of hydrogen-bond donors (Lipinski definition) is 1. The molecule has 1 heterocycles. The Morgan fingerprint density at radius 2 is 1.82 bits per heavy atom.